The quantitative estimate of drug-likeness (QED) is 0.791. The van der Waals surface area contributed by atoms with Crippen molar-refractivity contribution in [3.05, 3.63) is 30.1 Å². The van der Waals surface area contributed by atoms with Gasteiger partial charge in [-0.25, -0.2) is 4.39 Å². The van der Waals surface area contributed by atoms with Gasteiger partial charge in [-0.3, -0.25) is 4.79 Å². The number of anilines is 1. The second-order valence-corrected chi connectivity index (χ2v) is 4.85. The van der Waals surface area contributed by atoms with Gasteiger partial charge in [-0.15, -0.1) is 0 Å². The molecule has 104 valence electrons. The summed E-state index contributed by atoms with van der Waals surface area (Å²) in [5.41, 5.74) is 0.714. The van der Waals surface area contributed by atoms with Crippen molar-refractivity contribution in [2.75, 3.05) is 18.0 Å². The van der Waals surface area contributed by atoms with Gasteiger partial charge in [0, 0.05) is 24.8 Å². The Morgan fingerprint density at radius 2 is 2.32 bits per heavy atom. The normalized spacial score (nSPS) is 16.1. The number of likely N-dealkylation sites (N-methyl/N-ethyl adjacent to an activating group) is 1. The van der Waals surface area contributed by atoms with Gasteiger partial charge in [-0.05, 0) is 38.0 Å². The molecule has 1 unspecified atom stereocenters. The Balaban J connectivity index is 2.05. The predicted molar refractivity (Wildman–Crippen MR) is 71.9 cm³/mol. The fourth-order valence-electron chi connectivity index (χ4n) is 2.05. The highest BCUT2D eigenvalue weighted by Crippen LogP contribution is 2.21. The van der Waals surface area contributed by atoms with Gasteiger partial charge < -0.3 is 15.3 Å². The molecular weight excluding hydrogens is 247 g/mol. The van der Waals surface area contributed by atoms with Crippen molar-refractivity contribution in [2.24, 2.45) is 0 Å². The van der Waals surface area contributed by atoms with Crippen LogP contribution in [0.3, 0.4) is 0 Å². The largest absolute Gasteiger partial charge is 0.480 e. The minimum atomic E-state index is -0.859. The van der Waals surface area contributed by atoms with Crippen molar-refractivity contribution in [1.29, 1.82) is 0 Å². The summed E-state index contributed by atoms with van der Waals surface area (Å²) in [7, 11) is 0. The topological polar surface area (TPSA) is 52.6 Å². The fraction of sp³-hybridized carbons (Fsp3) is 0.500. The highest BCUT2D eigenvalue weighted by Gasteiger charge is 2.29. The van der Waals surface area contributed by atoms with Crippen LogP contribution >= 0.6 is 0 Å². The van der Waals surface area contributed by atoms with Crippen LogP contribution in [0.4, 0.5) is 10.1 Å². The van der Waals surface area contributed by atoms with Crippen LogP contribution in [-0.4, -0.2) is 36.2 Å². The number of carbonyl (C=O) groups is 1. The molecule has 5 heteroatoms. The highest BCUT2D eigenvalue weighted by molar-refractivity contribution is 5.74. The van der Waals surface area contributed by atoms with Crippen LogP contribution in [0.25, 0.3) is 0 Å². The maximum absolute atomic E-state index is 13.2. The van der Waals surface area contributed by atoms with Gasteiger partial charge in [-0.2, -0.15) is 0 Å². The predicted octanol–water partition coefficient (Wildman–Crippen LogP) is 1.86. The third-order valence-corrected chi connectivity index (χ3v) is 3.27. The number of halogens is 1. The van der Waals surface area contributed by atoms with Crippen molar-refractivity contribution in [3.8, 4) is 0 Å². The smallest absolute Gasteiger partial charge is 0.322 e. The number of hydrogen-bond donors (Lipinski definition) is 2. The molecule has 0 radical (unpaired) electrons. The van der Waals surface area contributed by atoms with E-state index in [1.807, 2.05) is 11.8 Å². The Labute approximate surface area is 112 Å². The maximum atomic E-state index is 13.2. The van der Waals surface area contributed by atoms with Crippen molar-refractivity contribution in [3.63, 3.8) is 0 Å². The molecule has 0 aliphatic heterocycles. The molecule has 1 aliphatic carbocycles. The van der Waals surface area contributed by atoms with Crippen molar-refractivity contribution >= 4 is 11.7 Å². The van der Waals surface area contributed by atoms with Crippen LogP contribution in [-0.2, 0) is 4.79 Å². The third kappa shape index (κ3) is 3.92. The van der Waals surface area contributed by atoms with Crippen molar-refractivity contribution in [2.45, 2.75) is 31.8 Å². The summed E-state index contributed by atoms with van der Waals surface area (Å²) in [5.74, 6) is -1.17. The first-order valence-corrected chi connectivity index (χ1v) is 6.59. The summed E-state index contributed by atoms with van der Waals surface area (Å²) in [4.78, 5) is 13.1. The van der Waals surface area contributed by atoms with Gasteiger partial charge in [0.2, 0.25) is 0 Å². The van der Waals surface area contributed by atoms with Gasteiger partial charge in [0.25, 0.3) is 0 Å². The summed E-state index contributed by atoms with van der Waals surface area (Å²) in [6.45, 7) is 2.91. The summed E-state index contributed by atoms with van der Waals surface area (Å²) in [6, 6.07) is 5.96. The zero-order valence-corrected chi connectivity index (χ0v) is 11.0. The monoisotopic (exact) mass is 266 g/mol. The maximum Gasteiger partial charge on any atom is 0.322 e. The van der Waals surface area contributed by atoms with E-state index in [4.69, 9.17) is 0 Å². The van der Waals surface area contributed by atoms with Gasteiger partial charge >= 0.3 is 5.97 Å². The number of carboxylic acid groups (broad SMARTS) is 1. The lowest BCUT2D eigenvalue weighted by Crippen LogP contribution is -2.47. The first-order chi connectivity index (χ1) is 9.10. The average molecular weight is 266 g/mol. The van der Waals surface area contributed by atoms with E-state index in [1.54, 1.807) is 12.1 Å². The van der Waals surface area contributed by atoms with E-state index in [-0.39, 0.29) is 5.82 Å². The van der Waals surface area contributed by atoms with E-state index < -0.39 is 12.0 Å². The zero-order valence-electron chi connectivity index (χ0n) is 11.0. The molecular formula is C14H19FN2O2. The molecule has 2 rings (SSSR count). The van der Waals surface area contributed by atoms with E-state index in [2.05, 4.69) is 5.32 Å². The first-order valence-electron chi connectivity index (χ1n) is 6.59. The minimum Gasteiger partial charge on any atom is -0.480 e. The van der Waals surface area contributed by atoms with Gasteiger partial charge in [0.1, 0.15) is 11.9 Å². The van der Waals surface area contributed by atoms with E-state index in [9.17, 15) is 14.3 Å². The van der Waals surface area contributed by atoms with E-state index in [0.29, 0.717) is 24.8 Å². The Morgan fingerprint density at radius 1 is 1.58 bits per heavy atom. The van der Waals surface area contributed by atoms with E-state index >= 15 is 0 Å². The lowest BCUT2D eigenvalue weighted by Gasteiger charge is -2.27. The van der Waals surface area contributed by atoms with Crippen LogP contribution < -0.4 is 10.2 Å². The van der Waals surface area contributed by atoms with Crippen LogP contribution in [0.2, 0.25) is 0 Å². The van der Waals surface area contributed by atoms with Crippen molar-refractivity contribution in [1.82, 2.24) is 5.32 Å². The zero-order chi connectivity index (χ0) is 13.8. The average Bonchev–Trinajstić information content (AvgIpc) is 3.18. The molecule has 1 saturated carbocycles. The first kappa shape index (κ1) is 13.8. The molecule has 4 nitrogen and oxygen atoms in total. The number of nitrogens with zero attached hydrogens (tertiary/aromatic N) is 1. The molecule has 0 saturated heterocycles. The number of benzene rings is 1. The summed E-state index contributed by atoms with van der Waals surface area (Å²) < 4.78 is 13.2. The Bertz CT molecular complexity index is 449. The molecule has 0 heterocycles. The summed E-state index contributed by atoms with van der Waals surface area (Å²) >= 11 is 0. The van der Waals surface area contributed by atoms with Crippen LogP contribution in [0.15, 0.2) is 24.3 Å². The van der Waals surface area contributed by atoms with E-state index in [0.717, 1.165) is 12.8 Å². The number of hydrogen-bond acceptors (Lipinski definition) is 3. The number of rotatable bonds is 7. The van der Waals surface area contributed by atoms with E-state index in [1.165, 1.54) is 12.1 Å². The summed E-state index contributed by atoms with van der Waals surface area (Å²) in [5, 5.41) is 12.3. The molecule has 19 heavy (non-hydrogen) atoms. The Kier molecular flexibility index (Phi) is 4.37. The van der Waals surface area contributed by atoms with Crippen LogP contribution in [0.1, 0.15) is 19.8 Å². The lowest BCUT2D eigenvalue weighted by molar-refractivity contribution is -0.139. The van der Waals surface area contributed by atoms with Gasteiger partial charge in [0.15, 0.2) is 0 Å². The molecule has 1 aromatic carbocycles. The van der Waals surface area contributed by atoms with Gasteiger partial charge in [0.05, 0.1) is 0 Å². The number of nitrogens with one attached hydrogen (secondary N) is 1. The molecule has 1 fully saturated rings. The molecule has 2 N–H and O–H groups in total. The lowest BCUT2D eigenvalue weighted by atomic mass is 10.2. The van der Waals surface area contributed by atoms with Crippen molar-refractivity contribution < 1.29 is 14.3 Å². The third-order valence-electron chi connectivity index (χ3n) is 3.27. The SMILES string of the molecule is CCN(CC(NC1CC1)C(=O)O)c1cccc(F)c1. The molecule has 0 amide bonds. The Hall–Kier alpha value is -1.62. The number of carboxylic acids is 1. The van der Waals surface area contributed by atoms with Gasteiger partial charge in [-0.1, -0.05) is 6.07 Å². The molecule has 0 spiro atoms. The van der Waals surface area contributed by atoms with Crippen LogP contribution in [0, 0.1) is 5.82 Å². The Morgan fingerprint density at radius 3 is 2.84 bits per heavy atom. The summed E-state index contributed by atoms with van der Waals surface area (Å²) in [6.07, 6.45) is 2.08. The standard InChI is InChI=1S/C14H19FN2O2/c1-2-17(12-5-3-4-10(15)8-12)9-13(14(18)19)16-11-6-7-11/h3-5,8,11,13,16H,2,6-7,9H2,1H3,(H,18,19). The fourth-order valence-corrected chi connectivity index (χ4v) is 2.05. The molecule has 0 aromatic heterocycles. The minimum absolute atomic E-state index is 0.307. The molecule has 1 aliphatic rings. The molecule has 0 bridgehead atoms. The van der Waals surface area contributed by atoms with Crippen LogP contribution in [0.5, 0.6) is 0 Å². The number of aliphatic carboxylic acids is 1. The highest BCUT2D eigenvalue weighted by atomic mass is 19.1. The second-order valence-electron chi connectivity index (χ2n) is 4.85. The molecule has 1 atom stereocenters. The molecule has 1 aromatic rings. The second kappa shape index (κ2) is 6.02.